The molecule has 152 valence electrons. The molecule has 2 aromatic heterocycles. The largest absolute Gasteiger partial charge is 0.451 e. The first kappa shape index (κ1) is 21.2. The zero-order chi connectivity index (χ0) is 21.0. The molecule has 29 heavy (non-hydrogen) atoms. The van der Waals surface area contributed by atoms with Gasteiger partial charge in [-0.1, -0.05) is 17.7 Å². The lowest BCUT2D eigenvalue weighted by Crippen LogP contribution is -2.20. The second-order valence-electron chi connectivity index (χ2n) is 5.56. The number of hydrogen-bond donors (Lipinski definition) is 1. The third-order valence-corrected chi connectivity index (χ3v) is 5.95. The van der Waals surface area contributed by atoms with Crippen LogP contribution in [0.3, 0.4) is 0 Å². The molecule has 0 fully saturated rings. The smallest absolute Gasteiger partial charge is 0.387 e. The minimum Gasteiger partial charge on any atom is -0.451 e. The van der Waals surface area contributed by atoms with Gasteiger partial charge in [-0.2, -0.15) is 8.78 Å². The van der Waals surface area contributed by atoms with Crippen LogP contribution in [-0.2, 0) is 9.53 Å². The highest BCUT2D eigenvalue weighted by molar-refractivity contribution is 7.22. The van der Waals surface area contributed by atoms with E-state index in [-0.39, 0.29) is 16.5 Å². The van der Waals surface area contributed by atoms with E-state index in [1.807, 2.05) is 17.5 Å². The van der Waals surface area contributed by atoms with Gasteiger partial charge in [-0.25, -0.2) is 9.78 Å². The van der Waals surface area contributed by atoms with Crippen LogP contribution in [0.5, 0.6) is 5.75 Å². The Kier molecular flexibility index (Phi) is 6.78. The van der Waals surface area contributed by atoms with Crippen molar-refractivity contribution in [2.45, 2.75) is 13.5 Å². The second kappa shape index (κ2) is 9.29. The molecule has 3 rings (SSSR count). The molecule has 0 saturated heterocycles. The molecule has 3 aromatic rings. The average Bonchev–Trinajstić information content (AvgIpc) is 3.31. The Morgan fingerprint density at radius 2 is 2.10 bits per heavy atom. The number of carbonyl (C=O) groups is 2. The molecule has 0 saturated carbocycles. The monoisotopic (exact) mass is 458 g/mol. The highest BCUT2D eigenvalue weighted by atomic mass is 35.5. The van der Waals surface area contributed by atoms with Gasteiger partial charge in [0.2, 0.25) is 0 Å². The van der Waals surface area contributed by atoms with Crippen molar-refractivity contribution in [2.24, 2.45) is 0 Å². The summed E-state index contributed by atoms with van der Waals surface area (Å²) >= 11 is 8.52. The second-order valence-corrected chi connectivity index (χ2v) is 7.91. The number of alkyl halides is 2. The first-order valence-electron chi connectivity index (χ1n) is 8.06. The van der Waals surface area contributed by atoms with E-state index in [1.165, 1.54) is 40.9 Å². The van der Waals surface area contributed by atoms with Gasteiger partial charge in [-0.15, -0.1) is 22.7 Å². The number of rotatable bonds is 7. The SMILES string of the molecule is Cc1nc(-c2cccs2)sc1C(=O)OCC(=O)Nc1ccc(OC(F)F)c(Cl)c1. The van der Waals surface area contributed by atoms with Crippen molar-refractivity contribution in [1.29, 1.82) is 0 Å². The summed E-state index contributed by atoms with van der Waals surface area (Å²) in [6.45, 7) is -1.85. The van der Waals surface area contributed by atoms with Gasteiger partial charge in [0.1, 0.15) is 15.6 Å². The van der Waals surface area contributed by atoms with E-state index < -0.39 is 25.1 Å². The maximum absolute atomic E-state index is 12.3. The fraction of sp³-hybridized carbons (Fsp3) is 0.167. The third-order valence-electron chi connectivity index (χ3n) is 3.48. The van der Waals surface area contributed by atoms with Crippen LogP contribution in [-0.4, -0.2) is 30.1 Å². The molecule has 0 radical (unpaired) electrons. The number of benzene rings is 1. The van der Waals surface area contributed by atoms with Gasteiger partial charge in [0.05, 0.1) is 15.6 Å². The topological polar surface area (TPSA) is 77.5 Å². The molecule has 1 amide bonds. The molecule has 0 spiro atoms. The fourth-order valence-electron chi connectivity index (χ4n) is 2.26. The van der Waals surface area contributed by atoms with Crippen molar-refractivity contribution in [1.82, 2.24) is 4.98 Å². The predicted molar refractivity (Wildman–Crippen MR) is 107 cm³/mol. The van der Waals surface area contributed by atoms with Crippen molar-refractivity contribution in [2.75, 3.05) is 11.9 Å². The highest BCUT2D eigenvalue weighted by Crippen LogP contribution is 2.31. The molecule has 0 aliphatic rings. The molecule has 0 atom stereocenters. The molecular weight excluding hydrogens is 446 g/mol. The Hall–Kier alpha value is -2.56. The summed E-state index contributed by atoms with van der Waals surface area (Å²) in [5, 5.41) is 4.98. The van der Waals surface area contributed by atoms with Crippen LogP contribution in [0.15, 0.2) is 35.7 Å². The number of ether oxygens (including phenoxy) is 2. The number of thiophene rings is 1. The number of anilines is 1. The molecule has 0 aliphatic heterocycles. The molecule has 0 bridgehead atoms. The van der Waals surface area contributed by atoms with Gasteiger partial charge in [-0.3, -0.25) is 4.79 Å². The highest BCUT2D eigenvalue weighted by Gasteiger charge is 2.19. The number of amides is 1. The standard InChI is InChI=1S/C18H13ClF2N2O4S2/c1-9-15(29-16(22-9)13-3-2-6-28-13)17(25)26-8-14(24)23-10-4-5-12(11(19)7-10)27-18(20)21/h2-7,18H,8H2,1H3,(H,23,24). The van der Waals surface area contributed by atoms with E-state index in [0.29, 0.717) is 15.6 Å². The van der Waals surface area contributed by atoms with Crippen LogP contribution in [0.1, 0.15) is 15.4 Å². The lowest BCUT2D eigenvalue weighted by molar-refractivity contribution is -0.119. The zero-order valence-corrected chi connectivity index (χ0v) is 17.2. The number of halogens is 3. The van der Waals surface area contributed by atoms with Crippen molar-refractivity contribution in [3.8, 4) is 15.6 Å². The number of nitrogens with one attached hydrogen (secondary N) is 1. The van der Waals surface area contributed by atoms with Gasteiger partial charge >= 0.3 is 12.6 Å². The molecule has 2 heterocycles. The van der Waals surface area contributed by atoms with Crippen molar-refractivity contribution in [3.05, 3.63) is 51.3 Å². The normalized spacial score (nSPS) is 10.8. The maximum Gasteiger partial charge on any atom is 0.387 e. The summed E-state index contributed by atoms with van der Waals surface area (Å²) in [6.07, 6.45) is 0. The Bertz CT molecular complexity index is 1030. The van der Waals surface area contributed by atoms with Gasteiger partial charge in [0.25, 0.3) is 5.91 Å². The summed E-state index contributed by atoms with van der Waals surface area (Å²) in [6, 6.07) is 7.57. The first-order valence-corrected chi connectivity index (χ1v) is 10.1. The molecular formula is C18H13ClF2N2O4S2. The fourth-order valence-corrected chi connectivity index (χ4v) is 4.24. The summed E-state index contributed by atoms with van der Waals surface area (Å²) in [5.74, 6) is -1.48. The molecule has 11 heteroatoms. The zero-order valence-electron chi connectivity index (χ0n) is 14.8. The molecule has 1 N–H and O–H groups in total. The quantitative estimate of drug-likeness (QED) is 0.490. The van der Waals surface area contributed by atoms with Crippen molar-refractivity contribution in [3.63, 3.8) is 0 Å². The van der Waals surface area contributed by atoms with E-state index in [1.54, 1.807) is 6.92 Å². The van der Waals surface area contributed by atoms with Crippen LogP contribution < -0.4 is 10.1 Å². The van der Waals surface area contributed by atoms with E-state index >= 15 is 0 Å². The number of hydrogen-bond acceptors (Lipinski definition) is 7. The Balaban J connectivity index is 1.57. The third kappa shape index (κ3) is 5.49. The minimum absolute atomic E-state index is 0.0958. The Morgan fingerprint density at radius 3 is 2.76 bits per heavy atom. The summed E-state index contributed by atoms with van der Waals surface area (Å²) in [5.41, 5.74) is 0.761. The van der Waals surface area contributed by atoms with E-state index in [0.717, 1.165) is 4.88 Å². The molecule has 0 aliphatic carbocycles. The number of nitrogens with zero attached hydrogens (tertiary/aromatic N) is 1. The molecule has 1 aromatic carbocycles. The van der Waals surface area contributed by atoms with Gasteiger partial charge in [0, 0.05) is 5.69 Å². The Morgan fingerprint density at radius 1 is 1.31 bits per heavy atom. The molecule has 0 unspecified atom stereocenters. The predicted octanol–water partition coefficient (Wildman–Crippen LogP) is 5.23. The van der Waals surface area contributed by atoms with Crippen molar-refractivity contribution < 1.29 is 27.8 Å². The summed E-state index contributed by atoms with van der Waals surface area (Å²) < 4.78 is 33.7. The lowest BCUT2D eigenvalue weighted by Gasteiger charge is -2.09. The number of aromatic nitrogens is 1. The van der Waals surface area contributed by atoms with Gasteiger partial charge in [-0.05, 0) is 36.6 Å². The van der Waals surface area contributed by atoms with Crippen LogP contribution in [0.4, 0.5) is 14.5 Å². The lowest BCUT2D eigenvalue weighted by atomic mass is 10.3. The van der Waals surface area contributed by atoms with Crippen LogP contribution in [0.2, 0.25) is 5.02 Å². The summed E-state index contributed by atoms with van der Waals surface area (Å²) in [7, 11) is 0. The maximum atomic E-state index is 12.3. The number of carbonyl (C=O) groups excluding carboxylic acids is 2. The van der Waals surface area contributed by atoms with Crippen LogP contribution >= 0.6 is 34.3 Å². The van der Waals surface area contributed by atoms with Crippen LogP contribution in [0, 0.1) is 6.92 Å². The van der Waals surface area contributed by atoms with Gasteiger partial charge in [0.15, 0.2) is 6.61 Å². The van der Waals surface area contributed by atoms with Crippen LogP contribution in [0.25, 0.3) is 9.88 Å². The van der Waals surface area contributed by atoms with E-state index in [2.05, 4.69) is 15.0 Å². The number of thiazole rings is 1. The van der Waals surface area contributed by atoms with Gasteiger partial charge < -0.3 is 14.8 Å². The number of aryl methyl sites for hydroxylation is 1. The average molecular weight is 459 g/mol. The summed E-state index contributed by atoms with van der Waals surface area (Å²) in [4.78, 5) is 29.9. The van der Waals surface area contributed by atoms with Crippen molar-refractivity contribution >= 4 is 51.8 Å². The Labute approximate surface area is 177 Å². The minimum atomic E-state index is -3.01. The van der Waals surface area contributed by atoms with E-state index in [4.69, 9.17) is 16.3 Å². The molecule has 6 nitrogen and oxygen atoms in total. The van der Waals surface area contributed by atoms with E-state index in [9.17, 15) is 18.4 Å². The first-order chi connectivity index (χ1) is 13.8. The number of esters is 1.